The fourth-order valence-electron chi connectivity index (χ4n) is 2.11. The van der Waals surface area contributed by atoms with Gasteiger partial charge in [0.15, 0.2) is 0 Å². The monoisotopic (exact) mass is 359 g/mol. The van der Waals surface area contributed by atoms with Crippen LogP contribution in [0.2, 0.25) is 0 Å². The standard InChI is InChI=1S/C20H29N3O3/c1-12(2)21-16(24)13-9-14(17(25)22-19(3,4)5)11-15(10-13)18(26)23-20(6,7)8/h9-11H,1H2,2-8H3,(H,21,24)(H,22,25)(H,23,26). The number of rotatable bonds is 4. The average Bonchev–Trinajstić information content (AvgIpc) is 2.42. The van der Waals surface area contributed by atoms with Gasteiger partial charge in [0.1, 0.15) is 0 Å². The molecular formula is C20H29N3O3. The molecule has 142 valence electrons. The maximum atomic E-state index is 12.5. The highest BCUT2D eigenvalue weighted by Crippen LogP contribution is 2.14. The lowest BCUT2D eigenvalue weighted by atomic mass is 10.0. The van der Waals surface area contributed by atoms with Crippen LogP contribution in [0.25, 0.3) is 0 Å². The molecule has 6 heteroatoms. The highest BCUT2D eigenvalue weighted by molar-refractivity contribution is 6.05. The van der Waals surface area contributed by atoms with Gasteiger partial charge in [-0.25, -0.2) is 0 Å². The first-order valence-corrected chi connectivity index (χ1v) is 8.45. The number of benzene rings is 1. The summed E-state index contributed by atoms with van der Waals surface area (Å²) in [7, 11) is 0. The molecule has 1 aromatic carbocycles. The Balaban J connectivity index is 3.34. The molecule has 0 spiro atoms. The number of hydrogen-bond acceptors (Lipinski definition) is 3. The van der Waals surface area contributed by atoms with Crippen molar-refractivity contribution in [1.29, 1.82) is 0 Å². The summed E-state index contributed by atoms with van der Waals surface area (Å²) in [4.78, 5) is 37.4. The number of amides is 3. The van der Waals surface area contributed by atoms with Crippen LogP contribution in [0.4, 0.5) is 0 Å². The third-order valence-electron chi connectivity index (χ3n) is 3.02. The van der Waals surface area contributed by atoms with Crippen LogP contribution in [-0.2, 0) is 0 Å². The van der Waals surface area contributed by atoms with Crippen molar-refractivity contribution in [3.63, 3.8) is 0 Å². The van der Waals surface area contributed by atoms with Gasteiger partial charge in [0.05, 0.1) is 0 Å². The number of allylic oxidation sites excluding steroid dienone is 1. The molecule has 0 heterocycles. The molecule has 0 aliphatic heterocycles. The van der Waals surface area contributed by atoms with Crippen molar-refractivity contribution in [3.05, 3.63) is 47.2 Å². The summed E-state index contributed by atoms with van der Waals surface area (Å²) in [6.45, 7) is 16.4. The Bertz CT molecular complexity index is 691. The van der Waals surface area contributed by atoms with Crippen LogP contribution in [0.3, 0.4) is 0 Å². The Kier molecular flexibility index (Phi) is 6.36. The van der Waals surface area contributed by atoms with E-state index in [-0.39, 0.29) is 28.5 Å². The van der Waals surface area contributed by atoms with Crippen LogP contribution >= 0.6 is 0 Å². The molecule has 0 aliphatic carbocycles. The molecule has 0 saturated carbocycles. The minimum atomic E-state index is -0.444. The van der Waals surface area contributed by atoms with Crippen molar-refractivity contribution < 1.29 is 14.4 Å². The van der Waals surface area contributed by atoms with Gasteiger partial charge in [0, 0.05) is 33.5 Å². The predicted octanol–water partition coefficient (Wildman–Crippen LogP) is 3.01. The van der Waals surface area contributed by atoms with Crippen molar-refractivity contribution in [2.45, 2.75) is 59.5 Å². The Morgan fingerprint density at radius 3 is 1.31 bits per heavy atom. The molecule has 3 N–H and O–H groups in total. The molecule has 1 rings (SSSR count). The van der Waals surface area contributed by atoms with E-state index < -0.39 is 17.0 Å². The Labute approximate surface area is 155 Å². The van der Waals surface area contributed by atoms with Gasteiger partial charge in [-0.3, -0.25) is 14.4 Å². The molecule has 0 unspecified atom stereocenters. The lowest BCUT2D eigenvalue weighted by Gasteiger charge is -2.22. The van der Waals surface area contributed by atoms with E-state index >= 15 is 0 Å². The molecule has 1 aromatic rings. The summed E-state index contributed by atoms with van der Waals surface area (Å²) in [5.74, 6) is -1.13. The van der Waals surface area contributed by atoms with Crippen LogP contribution in [0.5, 0.6) is 0 Å². The summed E-state index contributed by atoms with van der Waals surface area (Å²) >= 11 is 0. The quantitative estimate of drug-likeness (QED) is 0.772. The second kappa shape index (κ2) is 7.72. The molecular weight excluding hydrogens is 330 g/mol. The summed E-state index contributed by atoms with van der Waals surface area (Å²) in [5.41, 5.74) is 0.289. The Morgan fingerprint density at radius 1 is 0.731 bits per heavy atom. The number of carbonyl (C=O) groups excluding carboxylic acids is 3. The van der Waals surface area contributed by atoms with E-state index in [0.29, 0.717) is 5.70 Å². The summed E-state index contributed by atoms with van der Waals surface area (Å²) < 4.78 is 0. The molecule has 0 fully saturated rings. The smallest absolute Gasteiger partial charge is 0.255 e. The molecule has 0 bridgehead atoms. The van der Waals surface area contributed by atoms with Gasteiger partial charge in [0.25, 0.3) is 17.7 Å². The van der Waals surface area contributed by atoms with E-state index in [0.717, 1.165) is 0 Å². The second-order valence-electron chi connectivity index (χ2n) is 8.44. The van der Waals surface area contributed by atoms with Gasteiger partial charge >= 0.3 is 0 Å². The zero-order valence-corrected chi connectivity index (χ0v) is 16.7. The van der Waals surface area contributed by atoms with Crippen molar-refractivity contribution in [3.8, 4) is 0 Å². The number of hydrogen-bond donors (Lipinski definition) is 3. The van der Waals surface area contributed by atoms with E-state index in [1.807, 2.05) is 41.5 Å². The van der Waals surface area contributed by atoms with Gasteiger partial charge in [-0.05, 0) is 66.7 Å². The van der Waals surface area contributed by atoms with Crippen LogP contribution in [0, 0.1) is 0 Å². The minimum absolute atomic E-state index is 0.216. The molecule has 26 heavy (non-hydrogen) atoms. The lowest BCUT2D eigenvalue weighted by molar-refractivity contribution is 0.0918. The zero-order chi connectivity index (χ0) is 20.3. The summed E-state index contributed by atoms with van der Waals surface area (Å²) in [5, 5.41) is 8.26. The van der Waals surface area contributed by atoms with E-state index in [1.54, 1.807) is 6.92 Å². The SMILES string of the molecule is C=C(C)NC(=O)c1cc(C(=O)NC(C)(C)C)cc(C(=O)NC(C)(C)C)c1. The fourth-order valence-corrected chi connectivity index (χ4v) is 2.11. The zero-order valence-electron chi connectivity index (χ0n) is 16.7. The van der Waals surface area contributed by atoms with Crippen molar-refractivity contribution in [2.24, 2.45) is 0 Å². The average molecular weight is 359 g/mol. The number of carbonyl (C=O) groups is 3. The first-order chi connectivity index (χ1) is 11.7. The topological polar surface area (TPSA) is 87.3 Å². The third kappa shape index (κ3) is 7.09. The van der Waals surface area contributed by atoms with Crippen molar-refractivity contribution >= 4 is 17.7 Å². The first-order valence-electron chi connectivity index (χ1n) is 8.45. The highest BCUT2D eigenvalue weighted by Gasteiger charge is 2.21. The number of nitrogens with one attached hydrogen (secondary N) is 3. The third-order valence-corrected chi connectivity index (χ3v) is 3.02. The van der Waals surface area contributed by atoms with Crippen LogP contribution in [0.1, 0.15) is 79.5 Å². The van der Waals surface area contributed by atoms with Crippen molar-refractivity contribution in [2.75, 3.05) is 0 Å². The van der Waals surface area contributed by atoms with Gasteiger partial charge in [0.2, 0.25) is 0 Å². The largest absolute Gasteiger partial charge is 0.347 e. The minimum Gasteiger partial charge on any atom is -0.347 e. The van der Waals surface area contributed by atoms with Gasteiger partial charge in [-0.1, -0.05) is 6.58 Å². The van der Waals surface area contributed by atoms with E-state index in [9.17, 15) is 14.4 Å². The molecule has 3 amide bonds. The second-order valence-corrected chi connectivity index (χ2v) is 8.44. The summed E-state index contributed by atoms with van der Waals surface area (Å²) in [6, 6.07) is 4.42. The van der Waals surface area contributed by atoms with Crippen LogP contribution in [-0.4, -0.2) is 28.8 Å². The Morgan fingerprint density at radius 2 is 1.04 bits per heavy atom. The highest BCUT2D eigenvalue weighted by atomic mass is 16.2. The van der Waals surface area contributed by atoms with Gasteiger partial charge in [-0.15, -0.1) is 0 Å². The maximum absolute atomic E-state index is 12.5. The van der Waals surface area contributed by atoms with E-state index in [2.05, 4.69) is 22.5 Å². The summed E-state index contributed by atoms with van der Waals surface area (Å²) in [6.07, 6.45) is 0. The van der Waals surface area contributed by atoms with E-state index in [1.165, 1.54) is 18.2 Å². The molecule has 0 aromatic heterocycles. The van der Waals surface area contributed by atoms with Gasteiger partial charge < -0.3 is 16.0 Å². The van der Waals surface area contributed by atoms with E-state index in [4.69, 9.17) is 0 Å². The van der Waals surface area contributed by atoms with Gasteiger partial charge in [-0.2, -0.15) is 0 Å². The fraction of sp³-hybridized carbons (Fsp3) is 0.450. The Hall–Kier alpha value is -2.63. The molecule has 0 atom stereocenters. The van der Waals surface area contributed by atoms with Crippen LogP contribution < -0.4 is 16.0 Å². The predicted molar refractivity (Wildman–Crippen MR) is 103 cm³/mol. The molecule has 0 radical (unpaired) electrons. The van der Waals surface area contributed by atoms with Crippen molar-refractivity contribution in [1.82, 2.24) is 16.0 Å². The van der Waals surface area contributed by atoms with Crippen LogP contribution in [0.15, 0.2) is 30.5 Å². The molecule has 6 nitrogen and oxygen atoms in total. The normalized spacial score (nSPS) is 11.5. The first kappa shape index (κ1) is 21.4. The lowest BCUT2D eigenvalue weighted by Crippen LogP contribution is -2.42. The molecule has 0 aliphatic rings. The maximum Gasteiger partial charge on any atom is 0.255 e. The molecule has 0 saturated heterocycles.